The Hall–Kier alpha value is -3.72. The van der Waals surface area contributed by atoms with Crippen LogP contribution in [-0.2, 0) is 4.79 Å². The van der Waals surface area contributed by atoms with Gasteiger partial charge in [0.15, 0.2) is 11.6 Å². The van der Waals surface area contributed by atoms with E-state index in [0.717, 1.165) is 65.1 Å². The highest BCUT2D eigenvalue weighted by Crippen LogP contribution is 2.42. The molecule has 1 N–H and O–H groups in total. The predicted molar refractivity (Wildman–Crippen MR) is 141 cm³/mol. The first kappa shape index (κ1) is 24.6. The third-order valence-corrected chi connectivity index (χ3v) is 7.99. The number of methoxy groups -OCH3 is 1. The molecule has 1 saturated carbocycles. The number of nitrogens with zero attached hydrogens (tertiary/aromatic N) is 4. The zero-order valence-electron chi connectivity index (χ0n) is 21.8. The highest BCUT2D eigenvalue weighted by atomic mass is 19.1. The van der Waals surface area contributed by atoms with E-state index in [1.165, 1.54) is 13.2 Å². The van der Waals surface area contributed by atoms with Gasteiger partial charge in [0.05, 0.1) is 36.0 Å². The Bertz CT molecular complexity index is 1500. The van der Waals surface area contributed by atoms with Crippen molar-refractivity contribution in [3.05, 3.63) is 59.5 Å². The Labute approximate surface area is 220 Å². The van der Waals surface area contributed by atoms with Gasteiger partial charge in [-0.15, -0.1) is 0 Å². The van der Waals surface area contributed by atoms with E-state index < -0.39 is 5.82 Å². The molecule has 0 bridgehead atoms. The van der Waals surface area contributed by atoms with Crippen LogP contribution < -0.4 is 9.64 Å². The van der Waals surface area contributed by atoms with Crippen molar-refractivity contribution in [2.75, 3.05) is 12.0 Å². The van der Waals surface area contributed by atoms with Crippen molar-refractivity contribution in [3.8, 4) is 16.9 Å². The minimum Gasteiger partial charge on any atom is -0.494 e. The van der Waals surface area contributed by atoms with Crippen molar-refractivity contribution in [2.45, 2.75) is 70.6 Å². The van der Waals surface area contributed by atoms with E-state index in [-0.39, 0.29) is 29.8 Å². The van der Waals surface area contributed by atoms with Gasteiger partial charge in [-0.1, -0.05) is 11.2 Å². The summed E-state index contributed by atoms with van der Waals surface area (Å²) in [6.07, 6.45) is 3.74. The van der Waals surface area contributed by atoms with Crippen LogP contribution in [0.3, 0.4) is 0 Å². The van der Waals surface area contributed by atoms with Gasteiger partial charge in [0, 0.05) is 29.8 Å². The maximum Gasteiger partial charge on any atom is 0.227 e. The summed E-state index contributed by atoms with van der Waals surface area (Å²) in [6.45, 7) is 3.82. The quantitative estimate of drug-likeness (QED) is 0.359. The number of hydrogen-bond donors (Lipinski definition) is 1. The number of amides is 1. The van der Waals surface area contributed by atoms with Crippen LogP contribution >= 0.6 is 0 Å². The monoisotopic (exact) mass is 518 g/mol. The number of carbonyl (C=O) groups excluding carboxylic acids is 1. The largest absolute Gasteiger partial charge is 0.494 e. The molecule has 0 unspecified atom stereocenters. The first-order valence-electron chi connectivity index (χ1n) is 13.1. The average Bonchev–Trinajstić information content (AvgIpc) is 3.58. The number of carbonyl (C=O) groups is 1. The Morgan fingerprint density at radius 2 is 1.87 bits per heavy atom. The molecule has 3 heterocycles. The third kappa shape index (κ3) is 4.05. The molecule has 1 aliphatic carbocycles. The zero-order valence-corrected chi connectivity index (χ0v) is 21.8. The fraction of sp³-hybridized carbons (Fsp3) is 0.414. The fourth-order valence-electron chi connectivity index (χ4n) is 6.16. The van der Waals surface area contributed by atoms with Gasteiger partial charge in [-0.25, -0.2) is 9.37 Å². The number of hydrogen-bond acceptors (Lipinski definition) is 6. The molecule has 2 aromatic heterocycles. The number of benzene rings is 2. The Balaban J connectivity index is 1.49. The van der Waals surface area contributed by atoms with Gasteiger partial charge >= 0.3 is 0 Å². The van der Waals surface area contributed by atoms with Crippen molar-refractivity contribution < 1.29 is 23.6 Å². The van der Waals surface area contributed by atoms with E-state index in [4.69, 9.17) is 14.2 Å². The molecule has 4 aromatic rings. The van der Waals surface area contributed by atoms with E-state index in [2.05, 4.69) is 21.9 Å². The number of aromatic nitrogens is 3. The second-order valence-corrected chi connectivity index (χ2v) is 10.3. The third-order valence-electron chi connectivity index (χ3n) is 7.99. The molecule has 1 saturated heterocycles. The summed E-state index contributed by atoms with van der Waals surface area (Å²) in [5.41, 5.74) is 5.04. The summed E-state index contributed by atoms with van der Waals surface area (Å²) in [5, 5.41) is 14.3. The second kappa shape index (κ2) is 9.54. The normalized spacial score (nSPS) is 22.0. The van der Waals surface area contributed by atoms with E-state index in [1.807, 2.05) is 19.9 Å². The molecule has 2 fully saturated rings. The molecular formula is C29H31FN4O4. The number of aliphatic hydroxyl groups excluding tert-OH is 1. The van der Waals surface area contributed by atoms with Crippen LogP contribution in [0.25, 0.3) is 22.2 Å². The maximum atomic E-state index is 14.7. The topological polar surface area (TPSA) is 93.6 Å². The minimum absolute atomic E-state index is 0.0614. The van der Waals surface area contributed by atoms with E-state index >= 15 is 0 Å². The first-order valence-corrected chi connectivity index (χ1v) is 13.1. The lowest BCUT2D eigenvalue weighted by Crippen LogP contribution is -2.31. The number of aryl methyl sites for hydroxylation is 2. The first-order chi connectivity index (χ1) is 18.4. The van der Waals surface area contributed by atoms with Crippen LogP contribution in [-0.4, -0.2) is 38.9 Å². The smallest absolute Gasteiger partial charge is 0.227 e. The highest BCUT2D eigenvalue weighted by Gasteiger charge is 2.38. The van der Waals surface area contributed by atoms with Gasteiger partial charge in [-0.3, -0.25) is 4.79 Å². The number of anilines is 1. The summed E-state index contributed by atoms with van der Waals surface area (Å²) in [7, 11) is 1.42. The molecule has 1 atom stereocenters. The Morgan fingerprint density at radius 1 is 1.08 bits per heavy atom. The van der Waals surface area contributed by atoms with Crippen LogP contribution in [0, 0.1) is 19.7 Å². The average molecular weight is 519 g/mol. The minimum atomic E-state index is -0.512. The second-order valence-electron chi connectivity index (χ2n) is 10.3. The number of aliphatic hydroxyl groups is 1. The lowest BCUT2D eigenvalue weighted by atomic mass is 9.92. The molecule has 2 aromatic carbocycles. The number of ether oxygens (including phenoxy) is 1. The van der Waals surface area contributed by atoms with Crippen LogP contribution in [0.4, 0.5) is 10.1 Å². The maximum absolute atomic E-state index is 14.7. The Morgan fingerprint density at radius 3 is 2.55 bits per heavy atom. The molecule has 8 nitrogen and oxygen atoms in total. The van der Waals surface area contributed by atoms with Crippen LogP contribution in [0.15, 0.2) is 40.9 Å². The molecule has 2 aliphatic rings. The van der Waals surface area contributed by atoms with Crippen molar-refractivity contribution >= 4 is 22.6 Å². The SMILES string of the molecule is COc1ccc(N2C(=O)CC[C@H]2c2nc3cc(-c4c(C)noc4C)ccc3n2C2CCC(O)CC2)cc1F. The van der Waals surface area contributed by atoms with Gasteiger partial charge in [-0.05, 0) is 75.8 Å². The van der Waals surface area contributed by atoms with Crippen molar-refractivity contribution in [2.24, 2.45) is 0 Å². The molecule has 198 valence electrons. The van der Waals surface area contributed by atoms with Crippen molar-refractivity contribution in [1.82, 2.24) is 14.7 Å². The van der Waals surface area contributed by atoms with Crippen molar-refractivity contribution in [1.29, 1.82) is 0 Å². The molecule has 38 heavy (non-hydrogen) atoms. The lowest BCUT2D eigenvalue weighted by molar-refractivity contribution is -0.117. The summed E-state index contributed by atoms with van der Waals surface area (Å²) in [6, 6.07) is 10.6. The molecule has 9 heteroatoms. The van der Waals surface area contributed by atoms with E-state index in [0.29, 0.717) is 18.5 Å². The van der Waals surface area contributed by atoms with Crippen LogP contribution in [0.1, 0.15) is 67.9 Å². The van der Waals surface area contributed by atoms with Gasteiger partial charge < -0.3 is 23.8 Å². The highest BCUT2D eigenvalue weighted by molar-refractivity contribution is 5.96. The lowest BCUT2D eigenvalue weighted by Gasteiger charge is -2.31. The van der Waals surface area contributed by atoms with E-state index in [9.17, 15) is 14.3 Å². The molecule has 6 rings (SSSR count). The van der Waals surface area contributed by atoms with Crippen molar-refractivity contribution in [3.63, 3.8) is 0 Å². The number of fused-ring (bicyclic) bond motifs is 1. The number of rotatable bonds is 5. The van der Waals surface area contributed by atoms with Gasteiger partial charge in [0.1, 0.15) is 11.6 Å². The zero-order chi connectivity index (χ0) is 26.6. The summed E-state index contributed by atoms with van der Waals surface area (Å²) in [5.74, 6) is 1.10. The van der Waals surface area contributed by atoms with Gasteiger partial charge in [-0.2, -0.15) is 0 Å². The standard InChI is InChI=1S/C29H31FN4O4/c1-16-28(17(2)38-32-16)18-4-10-24-23(14-18)31-29(34(24)19-5-8-21(35)9-6-19)25-11-13-27(36)33(25)20-7-12-26(37-3)22(30)15-20/h4,7,10,12,14-15,19,21,25,35H,5-6,8-9,11,13H2,1-3H3/t19?,21?,25-/m0/s1. The van der Waals surface area contributed by atoms with Crippen LogP contribution in [0.5, 0.6) is 5.75 Å². The summed E-state index contributed by atoms with van der Waals surface area (Å²) >= 11 is 0. The number of halogens is 1. The molecule has 1 amide bonds. The molecule has 1 aliphatic heterocycles. The van der Waals surface area contributed by atoms with Gasteiger partial charge in [0.25, 0.3) is 0 Å². The molecule has 0 spiro atoms. The molecule has 0 radical (unpaired) electrons. The summed E-state index contributed by atoms with van der Waals surface area (Å²) in [4.78, 5) is 19.9. The fourth-order valence-corrected chi connectivity index (χ4v) is 6.16. The van der Waals surface area contributed by atoms with E-state index in [1.54, 1.807) is 17.0 Å². The molecular weight excluding hydrogens is 487 g/mol. The predicted octanol–water partition coefficient (Wildman–Crippen LogP) is 5.80. The summed E-state index contributed by atoms with van der Waals surface area (Å²) < 4.78 is 27.4. The Kier molecular flexibility index (Phi) is 6.18. The number of imidazole rings is 1. The van der Waals surface area contributed by atoms with Gasteiger partial charge in [0.2, 0.25) is 5.91 Å². The van der Waals surface area contributed by atoms with Crippen LogP contribution in [0.2, 0.25) is 0 Å².